The van der Waals surface area contributed by atoms with Gasteiger partial charge in [-0.15, -0.1) is 0 Å². The Morgan fingerprint density at radius 1 is 1.37 bits per heavy atom. The molecule has 0 unspecified atom stereocenters. The summed E-state index contributed by atoms with van der Waals surface area (Å²) in [5.41, 5.74) is 0.825. The van der Waals surface area contributed by atoms with Crippen LogP contribution in [0.25, 0.3) is 0 Å². The molecule has 1 atom stereocenters. The topological polar surface area (TPSA) is 120 Å². The van der Waals surface area contributed by atoms with Crippen LogP contribution in [0.3, 0.4) is 0 Å². The lowest BCUT2D eigenvalue weighted by Crippen LogP contribution is -2.33. The molecule has 0 bridgehead atoms. The maximum atomic E-state index is 12.1. The van der Waals surface area contributed by atoms with Crippen LogP contribution >= 0.6 is 0 Å². The predicted octanol–water partition coefficient (Wildman–Crippen LogP) is 1.10. The Labute approximate surface area is 156 Å². The molecular formula is C18H20N4O5. The number of esters is 1. The Morgan fingerprint density at radius 3 is 2.74 bits per heavy atom. The van der Waals surface area contributed by atoms with E-state index in [2.05, 4.69) is 5.32 Å². The number of benzene rings is 1. The van der Waals surface area contributed by atoms with Crippen molar-refractivity contribution >= 4 is 29.5 Å². The van der Waals surface area contributed by atoms with Gasteiger partial charge in [-0.2, -0.15) is 5.26 Å². The number of rotatable bonds is 7. The molecule has 2 rings (SSSR count). The van der Waals surface area contributed by atoms with E-state index in [-0.39, 0.29) is 37.9 Å². The second-order valence-electron chi connectivity index (χ2n) is 6.10. The van der Waals surface area contributed by atoms with E-state index in [0.29, 0.717) is 11.3 Å². The van der Waals surface area contributed by atoms with E-state index in [9.17, 15) is 19.2 Å². The summed E-state index contributed by atoms with van der Waals surface area (Å²) in [6.07, 6.45) is -0.796. The number of urea groups is 1. The molecule has 0 aromatic heterocycles. The molecule has 0 aliphatic carbocycles. The summed E-state index contributed by atoms with van der Waals surface area (Å²) >= 11 is 0. The van der Waals surface area contributed by atoms with Crippen LogP contribution in [0.2, 0.25) is 0 Å². The van der Waals surface area contributed by atoms with Crippen molar-refractivity contribution in [3.8, 4) is 6.07 Å². The van der Waals surface area contributed by atoms with Gasteiger partial charge in [0.15, 0.2) is 6.10 Å². The molecule has 142 valence electrons. The maximum absolute atomic E-state index is 12.1. The number of amides is 4. The molecule has 9 nitrogen and oxygen atoms in total. The normalized spacial score (nSPS) is 14.7. The highest BCUT2D eigenvalue weighted by Crippen LogP contribution is 2.12. The largest absolute Gasteiger partial charge is 0.453 e. The van der Waals surface area contributed by atoms with Crippen molar-refractivity contribution in [3.05, 3.63) is 29.8 Å². The van der Waals surface area contributed by atoms with Crippen molar-refractivity contribution in [2.75, 3.05) is 25.5 Å². The van der Waals surface area contributed by atoms with Crippen molar-refractivity contribution < 1.29 is 23.9 Å². The number of imide groups is 1. The number of carbonyl (C=O) groups is 4. The third-order valence-electron chi connectivity index (χ3n) is 3.93. The van der Waals surface area contributed by atoms with Crippen LogP contribution in [0.5, 0.6) is 0 Å². The van der Waals surface area contributed by atoms with Gasteiger partial charge in [0, 0.05) is 25.7 Å². The van der Waals surface area contributed by atoms with Crippen molar-refractivity contribution in [2.45, 2.75) is 25.9 Å². The van der Waals surface area contributed by atoms with E-state index in [0.717, 1.165) is 4.90 Å². The molecule has 1 fully saturated rings. The molecule has 1 aliphatic heterocycles. The van der Waals surface area contributed by atoms with Crippen LogP contribution in [0, 0.1) is 11.3 Å². The summed E-state index contributed by atoms with van der Waals surface area (Å²) in [7, 11) is 1.53. The van der Waals surface area contributed by atoms with Crippen LogP contribution in [-0.4, -0.2) is 59.9 Å². The average molecular weight is 372 g/mol. The van der Waals surface area contributed by atoms with Gasteiger partial charge in [-0.05, 0) is 31.5 Å². The van der Waals surface area contributed by atoms with Gasteiger partial charge < -0.3 is 15.0 Å². The summed E-state index contributed by atoms with van der Waals surface area (Å²) in [5, 5.41) is 11.4. The van der Waals surface area contributed by atoms with Gasteiger partial charge in [-0.3, -0.25) is 19.3 Å². The molecule has 0 saturated carbocycles. The fraction of sp³-hybridized carbons (Fsp3) is 0.389. The smallest absolute Gasteiger partial charge is 0.326 e. The highest BCUT2D eigenvalue weighted by molar-refractivity contribution is 6.01. The van der Waals surface area contributed by atoms with Gasteiger partial charge in [0.25, 0.3) is 5.91 Å². The van der Waals surface area contributed by atoms with Gasteiger partial charge in [0.2, 0.25) is 5.91 Å². The molecular weight excluding hydrogens is 352 g/mol. The van der Waals surface area contributed by atoms with Crippen LogP contribution in [0.4, 0.5) is 10.5 Å². The molecule has 27 heavy (non-hydrogen) atoms. The van der Waals surface area contributed by atoms with Crippen molar-refractivity contribution in [1.82, 2.24) is 9.80 Å². The standard InChI is InChI=1S/C18H20N4O5/c1-12(17(25)20-14-6-3-5-13(9-14)10-19)27-16(24)7-4-8-22-15(23)11-21(2)18(22)26/h3,5-6,9,12H,4,7-8,11H2,1-2H3,(H,20,25)/t12-/m1/s1. The zero-order valence-corrected chi connectivity index (χ0v) is 15.1. The van der Waals surface area contributed by atoms with Gasteiger partial charge in [-0.1, -0.05) is 6.07 Å². The van der Waals surface area contributed by atoms with Gasteiger partial charge in [-0.25, -0.2) is 4.79 Å². The van der Waals surface area contributed by atoms with E-state index in [1.54, 1.807) is 18.2 Å². The minimum atomic E-state index is -1.02. The fourth-order valence-corrected chi connectivity index (χ4v) is 2.49. The Morgan fingerprint density at radius 2 is 2.11 bits per heavy atom. The molecule has 1 heterocycles. The number of carbonyl (C=O) groups excluding carboxylic acids is 4. The first-order valence-corrected chi connectivity index (χ1v) is 8.37. The number of likely N-dealkylation sites (N-methyl/N-ethyl adjacent to an activating group) is 1. The summed E-state index contributed by atoms with van der Waals surface area (Å²) in [6, 6.07) is 7.94. The van der Waals surface area contributed by atoms with Crippen molar-refractivity contribution in [2.24, 2.45) is 0 Å². The van der Waals surface area contributed by atoms with Gasteiger partial charge >= 0.3 is 12.0 Å². The number of hydrogen-bond acceptors (Lipinski definition) is 6. The first kappa shape index (κ1) is 19.9. The van der Waals surface area contributed by atoms with Gasteiger partial charge in [0.1, 0.15) is 6.54 Å². The Bertz CT molecular complexity index is 801. The number of nitriles is 1. The fourth-order valence-electron chi connectivity index (χ4n) is 2.49. The lowest BCUT2D eigenvalue weighted by molar-refractivity contribution is -0.153. The van der Waals surface area contributed by atoms with Gasteiger partial charge in [0.05, 0.1) is 11.6 Å². The highest BCUT2D eigenvalue weighted by Gasteiger charge is 2.33. The predicted molar refractivity (Wildman–Crippen MR) is 94.3 cm³/mol. The highest BCUT2D eigenvalue weighted by atomic mass is 16.5. The van der Waals surface area contributed by atoms with Crippen LogP contribution < -0.4 is 5.32 Å². The van der Waals surface area contributed by atoms with E-state index in [1.807, 2.05) is 6.07 Å². The number of nitrogens with zero attached hydrogens (tertiary/aromatic N) is 3. The van der Waals surface area contributed by atoms with Crippen LogP contribution in [-0.2, 0) is 19.1 Å². The lowest BCUT2D eigenvalue weighted by Gasteiger charge is -2.15. The van der Waals surface area contributed by atoms with Crippen molar-refractivity contribution in [1.29, 1.82) is 5.26 Å². The second-order valence-corrected chi connectivity index (χ2v) is 6.10. The minimum absolute atomic E-state index is 0.0255. The van der Waals surface area contributed by atoms with E-state index < -0.39 is 18.0 Å². The third kappa shape index (κ3) is 5.28. The molecule has 1 aliphatic rings. The van der Waals surface area contributed by atoms with Crippen LogP contribution in [0.1, 0.15) is 25.3 Å². The third-order valence-corrected chi connectivity index (χ3v) is 3.93. The Kier molecular flexibility index (Phi) is 6.49. The van der Waals surface area contributed by atoms with E-state index >= 15 is 0 Å². The zero-order chi connectivity index (χ0) is 20.0. The first-order valence-electron chi connectivity index (χ1n) is 8.37. The number of hydrogen-bond donors (Lipinski definition) is 1. The monoisotopic (exact) mass is 372 g/mol. The van der Waals surface area contributed by atoms with E-state index in [1.165, 1.54) is 24.9 Å². The molecule has 4 amide bonds. The molecule has 0 radical (unpaired) electrons. The molecule has 1 N–H and O–H groups in total. The minimum Gasteiger partial charge on any atom is -0.453 e. The zero-order valence-electron chi connectivity index (χ0n) is 15.1. The van der Waals surface area contributed by atoms with E-state index in [4.69, 9.17) is 10.00 Å². The molecule has 9 heteroatoms. The summed E-state index contributed by atoms with van der Waals surface area (Å²) in [5.74, 6) is -1.43. The van der Waals surface area contributed by atoms with Crippen molar-refractivity contribution in [3.63, 3.8) is 0 Å². The quantitative estimate of drug-likeness (QED) is 0.565. The summed E-state index contributed by atoms with van der Waals surface area (Å²) in [6.45, 7) is 1.59. The molecule has 1 saturated heterocycles. The van der Waals surface area contributed by atoms with Crippen LogP contribution in [0.15, 0.2) is 24.3 Å². The lowest BCUT2D eigenvalue weighted by atomic mass is 10.2. The SMILES string of the molecule is C[C@@H](OC(=O)CCCN1C(=O)CN(C)C1=O)C(=O)Nc1cccc(C#N)c1. The number of nitrogens with one attached hydrogen (secondary N) is 1. The second kappa shape index (κ2) is 8.80. The molecule has 0 spiro atoms. The Balaban J connectivity index is 1.76. The molecule has 1 aromatic carbocycles. The Hall–Kier alpha value is -3.41. The number of anilines is 1. The average Bonchev–Trinajstić information content (AvgIpc) is 2.87. The molecule has 1 aromatic rings. The summed E-state index contributed by atoms with van der Waals surface area (Å²) < 4.78 is 5.07. The number of ether oxygens (including phenoxy) is 1. The summed E-state index contributed by atoms with van der Waals surface area (Å²) in [4.78, 5) is 49.7. The maximum Gasteiger partial charge on any atom is 0.326 e. The first-order chi connectivity index (χ1) is 12.8.